The molecule has 0 fully saturated rings. The number of aromatic nitrogens is 2. The number of hydrogen-bond donors (Lipinski definition) is 1. The Morgan fingerprint density at radius 2 is 1.95 bits per heavy atom. The topological polar surface area (TPSA) is 72.0 Å². The first-order valence-electron chi connectivity index (χ1n) is 5.19. The van der Waals surface area contributed by atoms with Crippen LogP contribution in [0.25, 0.3) is 0 Å². The standard InChI is InChI=1S/C11H9ClFN3O2S/c12-11-14-6-10(7-15-11)19(17,18)16-5-8-2-1-3-9(13)4-8/h1-4,6-7,16H,5H2. The van der Waals surface area contributed by atoms with Gasteiger partial charge in [-0.3, -0.25) is 0 Å². The highest BCUT2D eigenvalue weighted by atomic mass is 35.5. The van der Waals surface area contributed by atoms with E-state index in [1.807, 2.05) is 0 Å². The highest BCUT2D eigenvalue weighted by Gasteiger charge is 2.14. The summed E-state index contributed by atoms with van der Waals surface area (Å²) in [5.41, 5.74) is 0.512. The summed E-state index contributed by atoms with van der Waals surface area (Å²) in [6.45, 7) is -0.0251. The minimum atomic E-state index is -3.74. The molecule has 0 atom stereocenters. The van der Waals surface area contributed by atoms with Crippen LogP contribution in [0, 0.1) is 5.82 Å². The number of nitrogens with one attached hydrogen (secondary N) is 1. The van der Waals surface area contributed by atoms with Gasteiger partial charge in [0.05, 0.1) is 12.4 Å². The molecule has 19 heavy (non-hydrogen) atoms. The Hall–Kier alpha value is -1.57. The van der Waals surface area contributed by atoms with E-state index in [4.69, 9.17) is 11.6 Å². The summed E-state index contributed by atoms with van der Waals surface area (Å²) < 4.78 is 39.0. The van der Waals surface area contributed by atoms with E-state index >= 15 is 0 Å². The molecule has 0 radical (unpaired) electrons. The van der Waals surface area contributed by atoms with E-state index in [0.29, 0.717) is 5.56 Å². The molecule has 0 saturated carbocycles. The number of rotatable bonds is 4. The fraction of sp³-hybridized carbons (Fsp3) is 0.0909. The van der Waals surface area contributed by atoms with Crippen molar-refractivity contribution >= 4 is 21.6 Å². The highest BCUT2D eigenvalue weighted by Crippen LogP contribution is 2.09. The van der Waals surface area contributed by atoms with Crippen LogP contribution in [0.3, 0.4) is 0 Å². The Balaban J connectivity index is 2.12. The zero-order valence-electron chi connectivity index (χ0n) is 9.55. The minimum absolute atomic E-state index is 0.0251. The molecule has 0 aliphatic carbocycles. The van der Waals surface area contributed by atoms with E-state index in [9.17, 15) is 12.8 Å². The Morgan fingerprint density at radius 3 is 2.58 bits per heavy atom. The molecule has 5 nitrogen and oxygen atoms in total. The predicted octanol–water partition coefficient (Wildman–Crippen LogP) is 1.75. The quantitative estimate of drug-likeness (QED) is 0.873. The molecule has 1 aromatic carbocycles. The normalized spacial score (nSPS) is 11.5. The first-order valence-corrected chi connectivity index (χ1v) is 7.05. The third kappa shape index (κ3) is 3.69. The van der Waals surface area contributed by atoms with Crippen molar-refractivity contribution in [2.45, 2.75) is 11.4 Å². The van der Waals surface area contributed by atoms with Crippen LogP contribution in [0.2, 0.25) is 5.28 Å². The molecular formula is C11H9ClFN3O2S. The van der Waals surface area contributed by atoms with Gasteiger partial charge in [-0.1, -0.05) is 12.1 Å². The van der Waals surface area contributed by atoms with Crippen LogP contribution in [-0.4, -0.2) is 18.4 Å². The third-order valence-corrected chi connectivity index (χ3v) is 3.81. The summed E-state index contributed by atoms with van der Waals surface area (Å²) in [5, 5.41) is -0.0379. The van der Waals surface area contributed by atoms with E-state index in [1.54, 1.807) is 6.07 Å². The molecule has 100 valence electrons. The first-order chi connectivity index (χ1) is 8.97. The van der Waals surface area contributed by atoms with Gasteiger partial charge in [-0.05, 0) is 29.3 Å². The molecule has 2 rings (SSSR count). The lowest BCUT2D eigenvalue weighted by atomic mass is 10.2. The maximum atomic E-state index is 12.9. The van der Waals surface area contributed by atoms with Gasteiger partial charge in [0.15, 0.2) is 0 Å². The summed E-state index contributed by atoms with van der Waals surface area (Å²) in [5.74, 6) is -0.425. The van der Waals surface area contributed by atoms with Gasteiger partial charge in [-0.25, -0.2) is 27.5 Å². The van der Waals surface area contributed by atoms with E-state index in [1.165, 1.54) is 18.2 Å². The summed E-state index contributed by atoms with van der Waals surface area (Å²) in [7, 11) is -3.74. The molecule has 8 heteroatoms. The van der Waals surface area contributed by atoms with Crippen molar-refractivity contribution in [3.8, 4) is 0 Å². The van der Waals surface area contributed by atoms with Gasteiger partial charge >= 0.3 is 0 Å². The molecular weight excluding hydrogens is 293 g/mol. The summed E-state index contributed by atoms with van der Waals surface area (Å²) in [6.07, 6.45) is 2.20. The van der Waals surface area contributed by atoms with E-state index in [-0.39, 0.29) is 16.7 Å². The van der Waals surface area contributed by atoms with Crippen molar-refractivity contribution < 1.29 is 12.8 Å². The van der Waals surface area contributed by atoms with Gasteiger partial charge in [0.25, 0.3) is 0 Å². The largest absolute Gasteiger partial charge is 0.243 e. The average molecular weight is 302 g/mol. The van der Waals surface area contributed by atoms with Crippen molar-refractivity contribution in [2.24, 2.45) is 0 Å². The second-order valence-corrected chi connectivity index (χ2v) is 5.75. The highest BCUT2D eigenvalue weighted by molar-refractivity contribution is 7.89. The molecule has 0 aliphatic heterocycles. The van der Waals surface area contributed by atoms with Crippen LogP contribution in [0.1, 0.15) is 5.56 Å². The predicted molar refractivity (Wildman–Crippen MR) is 67.5 cm³/mol. The van der Waals surface area contributed by atoms with E-state index in [0.717, 1.165) is 12.4 Å². The van der Waals surface area contributed by atoms with Crippen LogP contribution < -0.4 is 4.72 Å². The Bertz CT molecular complexity index is 677. The Morgan fingerprint density at radius 1 is 1.26 bits per heavy atom. The fourth-order valence-corrected chi connectivity index (χ4v) is 2.35. The number of sulfonamides is 1. The molecule has 1 aromatic heterocycles. The molecule has 1 N–H and O–H groups in total. The smallest absolute Gasteiger partial charge is 0.225 e. The second-order valence-electron chi connectivity index (χ2n) is 3.64. The van der Waals surface area contributed by atoms with Gasteiger partial charge in [0.2, 0.25) is 15.3 Å². The number of halogens is 2. The summed E-state index contributed by atoms with van der Waals surface area (Å²) in [6, 6.07) is 5.65. The first kappa shape index (κ1) is 13.9. The molecule has 0 bridgehead atoms. The molecule has 0 aliphatic rings. The second kappa shape index (κ2) is 5.60. The Kier molecular flexibility index (Phi) is 4.08. The fourth-order valence-electron chi connectivity index (χ4n) is 1.35. The third-order valence-electron chi connectivity index (χ3n) is 2.26. The SMILES string of the molecule is O=S(=O)(NCc1cccc(F)c1)c1cnc(Cl)nc1. The van der Waals surface area contributed by atoms with Crippen molar-refractivity contribution in [2.75, 3.05) is 0 Å². The van der Waals surface area contributed by atoms with Gasteiger partial charge in [0.1, 0.15) is 10.7 Å². The zero-order valence-corrected chi connectivity index (χ0v) is 11.1. The van der Waals surface area contributed by atoms with Crippen molar-refractivity contribution in [3.05, 3.63) is 53.3 Å². The summed E-state index contributed by atoms with van der Waals surface area (Å²) >= 11 is 5.47. The van der Waals surface area contributed by atoms with Gasteiger partial charge in [-0.2, -0.15) is 0 Å². The zero-order chi connectivity index (χ0) is 13.9. The van der Waals surface area contributed by atoms with E-state index < -0.39 is 15.8 Å². The lowest BCUT2D eigenvalue weighted by Crippen LogP contribution is -2.23. The van der Waals surface area contributed by atoms with Crippen molar-refractivity contribution in [3.63, 3.8) is 0 Å². The number of hydrogen-bond acceptors (Lipinski definition) is 4. The lowest BCUT2D eigenvalue weighted by molar-refractivity contribution is 0.579. The van der Waals surface area contributed by atoms with Crippen LogP contribution in [-0.2, 0) is 16.6 Å². The van der Waals surface area contributed by atoms with Crippen LogP contribution in [0.4, 0.5) is 4.39 Å². The summed E-state index contributed by atoms with van der Waals surface area (Å²) in [4.78, 5) is 7.08. The van der Waals surface area contributed by atoms with Crippen molar-refractivity contribution in [1.29, 1.82) is 0 Å². The van der Waals surface area contributed by atoms with Crippen LogP contribution in [0.5, 0.6) is 0 Å². The van der Waals surface area contributed by atoms with E-state index in [2.05, 4.69) is 14.7 Å². The molecule has 1 heterocycles. The van der Waals surface area contributed by atoms with Gasteiger partial charge in [0, 0.05) is 6.54 Å². The maximum Gasteiger partial charge on any atom is 0.243 e. The monoisotopic (exact) mass is 301 g/mol. The number of benzene rings is 1. The van der Waals surface area contributed by atoms with Crippen LogP contribution >= 0.6 is 11.6 Å². The van der Waals surface area contributed by atoms with Gasteiger partial charge in [-0.15, -0.1) is 0 Å². The molecule has 0 unspecified atom stereocenters. The van der Waals surface area contributed by atoms with Gasteiger partial charge < -0.3 is 0 Å². The Labute approximate surface area is 114 Å². The minimum Gasteiger partial charge on any atom is -0.225 e. The van der Waals surface area contributed by atoms with Crippen LogP contribution in [0.15, 0.2) is 41.6 Å². The molecule has 0 amide bonds. The maximum absolute atomic E-state index is 12.9. The number of nitrogens with zero attached hydrogens (tertiary/aromatic N) is 2. The molecule has 0 saturated heterocycles. The average Bonchev–Trinajstić information content (AvgIpc) is 2.37. The van der Waals surface area contributed by atoms with Crippen molar-refractivity contribution in [1.82, 2.24) is 14.7 Å². The molecule has 0 spiro atoms. The molecule has 2 aromatic rings. The lowest BCUT2D eigenvalue weighted by Gasteiger charge is -2.06.